The number of carbonyl (C=O) groups is 2. The quantitative estimate of drug-likeness (QED) is 0.700. The summed E-state index contributed by atoms with van der Waals surface area (Å²) in [7, 11) is 2.97. The first-order valence-corrected chi connectivity index (χ1v) is 5.26. The Morgan fingerprint density at radius 1 is 1.26 bits per heavy atom. The second-order valence-electron chi connectivity index (χ2n) is 3.34. The van der Waals surface area contributed by atoms with E-state index in [4.69, 9.17) is 14.6 Å². The number of carboxylic acids is 1. The van der Waals surface area contributed by atoms with E-state index in [0.717, 1.165) is 12.3 Å². The number of aliphatic carboxylic acids is 1. The molecule has 0 saturated carbocycles. The molecule has 2 amide bonds. The zero-order valence-corrected chi connectivity index (χ0v) is 10.5. The zero-order chi connectivity index (χ0) is 14.3. The van der Waals surface area contributed by atoms with Crippen LogP contribution in [0.15, 0.2) is 30.5 Å². The largest absolute Gasteiger partial charge is 0.497 e. The number of rotatable bonds is 5. The van der Waals surface area contributed by atoms with E-state index in [0.29, 0.717) is 17.2 Å². The van der Waals surface area contributed by atoms with Gasteiger partial charge in [0.25, 0.3) is 0 Å². The Morgan fingerprint density at radius 2 is 2.00 bits per heavy atom. The van der Waals surface area contributed by atoms with Gasteiger partial charge >= 0.3 is 12.0 Å². The molecule has 1 rings (SSSR count). The average molecular weight is 266 g/mol. The molecule has 7 nitrogen and oxygen atoms in total. The smallest absolute Gasteiger partial charge is 0.329 e. The number of ether oxygens (including phenoxy) is 2. The van der Waals surface area contributed by atoms with Crippen molar-refractivity contribution in [3.63, 3.8) is 0 Å². The maximum Gasteiger partial charge on any atom is 0.329 e. The number of anilines is 1. The summed E-state index contributed by atoms with van der Waals surface area (Å²) in [6.45, 7) is 0. The van der Waals surface area contributed by atoms with E-state index in [9.17, 15) is 9.59 Å². The maximum absolute atomic E-state index is 11.5. The topological polar surface area (TPSA) is 96.9 Å². The molecule has 0 heterocycles. The number of hydrogen-bond donors (Lipinski definition) is 3. The van der Waals surface area contributed by atoms with Gasteiger partial charge in [-0.3, -0.25) is 0 Å². The van der Waals surface area contributed by atoms with Gasteiger partial charge in [0.2, 0.25) is 0 Å². The summed E-state index contributed by atoms with van der Waals surface area (Å²) < 4.78 is 10.1. The normalized spacial score (nSPS) is 10.0. The van der Waals surface area contributed by atoms with Gasteiger partial charge < -0.3 is 25.2 Å². The molecule has 0 fully saturated rings. The van der Waals surface area contributed by atoms with Crippen LogP contribution in [0.1, 0.15) is 0 Å². The van der Waals surface area contributed by atoms with E-state index >= 15 is 0 Å². The molecule has 0 aromatic heterocycles. The molecule has 0 bridgehead atoms. The molecule has 0 aliphatic heterocycles. The monoisotopic (exact) mass is 266 g/mol. The Labute approximate surface area is 109 Å². The van der Waals surface area contributed by atoms with E-state index in [1.54, 1.807) is 18.2 Å². The summed E-state index contributed by atoms with van der Waals surface area (Å²) in [5.74, 6) is -0.144. The van der Waals surface area contributed by atoms with Crippen molar-refractivity contribution in [2.75, 3.05) is 19.5 Å². The average Bonchev–Trinajstić information content (AvgIpc) is 2.38. The van der Waals surface area contributed by atoms with Crippen molar-refractivity contribution < 1.29 is 24.2 Å². The molecule has 0 unspecified atom stereocenters. The third kappa shape index (κ3) is 4.58. The molecule has 1 aromatic carbocycles. The SMILES string of the molecule is COc1ccc(OC)c(NC(=O)N/C=C/C(=O)O)c1. The van der Waals surface area contributed by atoms with Crippen LogP contribution < -0.4 is 20.1 Å². The van der Waals surface area contributed by atoms with Crippen LogP contribution in [0.2, 0.25) is 0 Å². The molecule has 0 saturated heterocycles. The van der Waals surface area contributed by atoms with Crippen molar-refractivity contribution in [3.05, 3.63) is 30.5 Å². The van der Waals surface area contributed by atoms with Gasteiger partial charge in [0.05, 0.1) is 19.9 Å². The zero-order valence-electron chi connectivity index (χ0n) is 10.5. The van der Waals surface area contributed by atoms with Crippen LogP contribution in [0, 0.1) is 0 Å². The minimum atomic E-state index is -1.15. The third-order valence-corrected chi connectivity index (χ3v) is 2.10. The first kappa shape index (κ1) is 14.4. The van der Waals surface area contributed by atoms with Crippen LogP contribution in [-0.4, -0.2) is 31.3 Å². The standard InChI is InChI=1S/C12H14N2O5/c1-18-8-3-4-10(19-2)9(7-8)14-12(17)13-6-5-11(15)16/h3-7H,1-2H3,(H,15,16)(H2,13,14,17)/b6-5+. The summed E-state index contributed by atoms with van der Waals surface area (Å²) in [6.07, 6.45) is 1.83. The van der Waals surface area contributed by atoms with Crippen LogP contribution in [0.4, 0.5) is 10.5 Å². The highest BCUT2D eigenvalue weighted by atomic mass is 16.5. The van der Waals surface area contributed by atoms with Gasteiger partial charge in [0.1, 0.15) is 11.5 Å². The van der Waals surface area contributed by atoms with Crippen molar-refractivity contribution in [3.8, 4) is 11.5 Å². The maximum atomic E-state index is 11.5. The first-order valence-electron chi connectivity index (χ1n) is 5.26. The fourth-order valence-electron chi connectivity index (χ4n) is 1.26. The van der Waals surface area contributed by atoms with E-state index in [1.165, 1.54) is 14.2 Å². The van der Waals surface area contributed by atoms with Crippen LogP contribution in [-0.2, 0) is 4.79 Å². The summed E-state index contributed by atoms with van der Waals surface area (Å²) in [5, 5.41) is 13.1. The molecule has 0 atom stereocenters. The Kier molecular flexibility index (Phi) is 5.21. The molecule has 19 heavy (non-hydrogen) atoms. The molecule has 102 valence electrons. The molecule has 3 N–H and O–H groups in total. The fraction of sp³-hybridized carbons (Fsp3) is 0.167. The van der Waals surface area contributed by atoms with Crippen molar-refractivity contribution in [1.29, 1.82) is 0 Å². The van der Waals surface area contributed by atoms with Gasteiger partial charge in [-0.05, 0) is 12.1 Å². The first-order chi connectivity index (χ1) is 9.06. The molecule has 0 spiro atoms. The summed E-state index contributed by atoms with van der Waals surface area (Å²) in [4.78, 5) is 21.7. The second-order valence-corrected chi connectivity index (χ2v) is 3.34. The Morgan fingerprint density at radius 3 is 2.58 bits per heavy atom. The lowest BCUT2D eigenvalue weighted by molar-refractivity contribution is -0.131. The van der Waals surface area contributed by atoms with Gasteiger partial charge in [0.15, 0.2) is 0 Å². The Hall–Kier alpha value is -2.70. The predicted octanol–water partition coefficient (Wildman–Crippen LogP) is 1.42. The van der Waals surface area contributed by atoms with Crippen molar-refractivity contribution >= 4 is 17.7 Å². The number of benzene rings is 1. The number of urea groups is 1. The molecule has 7 heteroatoms. The minimum Gasteiger partial charge on any atom is -0.497 e. The number of amides is 2. The molecular formula is C12H14N2O5. The predicted molar refractivity (Wildman–Crippen MR) is 68.5 cm³/mol. The number of hydrogen-bond acceptors (Lipinski definition) is 4. The van der Waals surface area contributed by atoms with Crippen molar-refractivity contribution in [1.82, 2.24) is 5.32 Å². The van der Waals surface area contributed by atoms with Crippen molar-refractivity contribution in [2.24, 2.45) is 0 Å². The summed E-state index contributed by atoms with van der Waals surface area (Å²) >= 11 is 0. The second kappa shape index (κ2) is 6.90. The lowest BCUT2D eigenvalue weighted by Crippen LogP contribution is -2.24. The molecule has 0 aliphatic rings. The number of methoxy groups -OCH3 is 2. The van der Waals surface area contributed by atoms with Gasteiger partial charge in [0, 0.05) is 18.3 Å². The fourth-order valence-corrected chi connectivity index (χ4v) is 1.26. The van der Waals surface area contributed by atoms with Gasteiger partial charge in [-0.15, -0.1) is 0 Å². The lowest BCUT2D eigenvalue weighted by Gasteiger charge is -2.11. The third-order valence-electron chi connectivity index (χ3n) is 2.10. The number of nitrogens with one attached hydrogen (secondary N) is 2. The van der Waals surface area contributed by atoms with Crippen LogP contribution in [0.3, 0.4) is 0 Å². The molecule has 1 aromatic rings. The Balaban J connectivity index is 2.74. The number of carboxylic acid groups (broad SMARTS) is 1. The van der Waals surface area contributed by atoms with E-state index < -0.39 is 12.0 Å². The Bertz CT molecular complexity index is 499. The summed E-state index contributed by atoms with van der Waals surface area (Å²) in [5.41, 5.74) is 0.406. The highest BCUT2D eigenvalue weighted by Crippen LogP contribution is 2.28. The highest BCUT2D eigenvalue weighted by molar-refractivity contribution is 5.92. The van der Waals surface area contributed by atoms with Crippen LogP contribution in [0.25, 0.3) is 0 Å². The van der Waals surface area contributed by atoms with Crippen molar-refractivity contribution in [2.45, 2.75) is 0 Å². The van der Waals surface area contributed by atoms with E-state index in [1.807, 2.05) is 0 Å². The van der Waals surface area contributed by atoms with Crippen LogP contribution in [0.5, 0.6) is 11.5 Å². The van der Waals surface area contributed by atoms with Crippen LogP contribution >= 0.6 is 0 Å². The van der Waals surface area contributed by atoms with Gasteiger partial charge in [-0.25, -0.2) is 9.59 Å². The van der Waals surface area contributed by atoms with Gasteiger partial charge in [-0.1, -0.05) is 0 Å². The van der Waals surface area contributed by atoms with Gasteiger partial charge in [-0.2, -0.15) is 0 Å². The lowest BCUT2D eigenvalue weighted by atomic mass is 10.2. The molecule has 0 aliphatic carbocycles. The molecular weight excluding hydrogens is 252 g/mol. The minimum absolute atomic E-state index is 0.406. The van der Waals surface area contributed by atoms with E-state index in [-0.39, 0.29) is 0 Å². The summed E-state index contributed by atoms with van der Waals surface area (Å²) in [6, 6.07) is 4.32. The number of carbonyl (C=O) groups excluding carboxylic acids is 1. The molecule has 0 radical (unpaired) electrons. The van der Waals surface area contributed by atoms with E-state index in [2.05, 4.69) is 10.6 Å². The highest BCUT2D eigenvalue weighted by Gasteiger charge is 2.07.